The molecule has 5 aromatic rings. The van der Waals surface area contributed by atoms with Crippen LogP contribution in [0.4, 0.5) is 0 Å². The molecule has 28 nitrogen and oxygen atoms in total. The molecule has 0 spiro atoms. The number of phenols is 3. The highest BCUT2D eigenvalue weighted by Gasteiger charge is 2.36. The van der Waals surface area contributed by atoms with Crippen molar-refractivity contribution in [3.05, 3.63) is 126 Å². The molecule has 15 N–H and O–H groups in total. The normalized spacial score (nSPS) is 19.9. The molecule has 8 atom stereocenters. The summed E-state index contributed by atoms with van der Waals surface area (Å²) < 4.78 is 5.67. The van der Waals surface area contributed by atoms with E-state index in [0.29, 0.717) is 52.6 Å². The first-order chi connectivity index (χ1) is 47.8. The first-order valence-electron chi connectivity index (χ1n) is 34.0. The van der Waals surface area contributed by atoms with Crippen molar-refractivity contribution in [1.82, 2.24) is 52.0 Å². The van der Waals surface area contributed by atoms with Gasteiger partial charge in [0.05, 0.1) is 31.7 Å². The molecule has 1 fully saturated rings. The lowest BCUT2D eigenvalue weighted by Gasteiger charge is -2.31. The van der Waals surface area contributed by atoms with Gasteiger partial charge >= 0.3 is 5.97 Å². The Labute approximate surface area is 581 Å². The highest BCUT2D eigenvalue weighted by molar-refractivity contribution is 5.98. The highest BCUT2D eigenvalue weighted by Crippen LogP contribution is 2.22. The van der Waals surface area contributed by atoms with Gasteiger partial charge in [-0.15, -0.1) is 0 Å². The van der Waals surface area contributed by atoms with Gasteiger partial charge in [-0.05, 0) is 122 Å². The Kier molecular flexibility index (Phi) is 31.8. The zero-order chi connectivity index (χ0) is 72.8. The van der Waals surface area contributed by atoms with Crippen LogP contribution in [0.3, 0.4) is 0 Å². The monoisotopic (exact) mass is 1390 g/mol. The van der Waals surface area contributed by atoms with Gasteiger partial charge in [0, 0.05) is 88.9 Å². The molecule has 0 radical (unpaired) electrons. The second-order valence-corrected chi connectivity index (χ2v) is 25.7. The lowest BCUT2D eigenvalue weighted by atomic mass is 9.96. The van der Waals surface area contributed by atoms with Crippen molar-refractivity contribution in [3.63, 3.8) is 0 Å². The van der Waals surface area contributed by atoms with E-state index in [1.807, 2.05) is 19.1 Å². The quantitative estimate of drug-likeness (QED) is 0.0336. The summed E-state index contributed by atoms with van der Waals surface area (Å²) in [5, 5.41) is 71.1. The number of aliphatic hydroxyl groups is 1. The van der Waals surface area contributed by atoms with E-state index in [2.05, 4.69) is 42.2 Å². The van der Waals surface area contributed by atoms with Crippen molar-refractivity contribution in [3.8, 4) is 17.2 Å². The maximum Gasteiger partial charge on any atom is 0.326 e. The molecule has 0 aliphatic carbocycles. The molecule has 0 saturated carbocycles. The maximum absolute atomic E-state index is 15.1. The van der Waals surface area contributed by atoms with Gasteiger partial charge < -0.3 is 88.0 Å². The van der Waals surface area contributed by atoms with Crippen LogP contribution in [0, 0.1) is 11.8 Å². The Morgan fingerprint density at radius 2 is 1.16 bits per heavy atom. The van der Waals surface area contributed by atoms with Gasteiger partial charge in [0.2, 0.25) is 53.2 Å². The van der Waals surface area contributed by atoms with Crippen LogP contribution in [0.15, 0.2) is 103 Å². The maximum atomic E-state index is 15.1. The predicted octanol–water partition coefficient (Wildman–Crippen LogP) is 2.45. The topological polar surface area (TPSA) is 431 Å². The van der Waals surface area contributed by atoms with Crippen LogP contribution in [0.1, 0.15) is 114 Å². The zero-order valence-electron chi connectivity index (χ0n) is 57.2. The molecule has 4 aromatic carbocycles. The Morgan fingerprint density at radius 1 is 0.630 bits per heavy atom. The van der Waals surface area contributed by atoms with E-state index in [1.54, 1.807) is 49.2 Å². The number of hydrogen-bond donors (Lipinski definition) is 14. The Hall–Kier alpha value is -9.93. The number of nitrogens with two attached hydrogens (primary N) is 1. The minimum atomic E-state index is -1.82. The number of hydrogen-bond acceptors (Lipinski definition) is 17. The van der Waals surface area contributed by atoms with Crippen molar-refractivity contribution in [2.45, 2.75) is 160 Å². The number of ketones is 1. The average Bonchev–Trinajstić information content (AvgIpc) is 1.61. The van der Waals surface area contributed by atoms with E-state index in [-0.39, 0.29) is 125 Å². The van der Waals surface area contributed by atoms with Crippen LogP contribution in [0.25, 0.3) is 10.9 Å². The van der Waals surface area contributed by atoms with Crippen LogP contribution in [0.2, 0.25) is 0 Å². The third kappa shape index (κ3) is 26.1. The number of carbonyl (C=O) groups is 11. The number of benzene rings is 4. The molecular weight excluding hydrogens is 1290 g/mol. The van der Waals surface area contributed by atoms with Gasteiger partial charge in [0.15, 0.2) is 5.78 Å². The van der Waals surface area contributed by atoms with Crippen LogP contribution in [-0.4, -0.2) is 200 Å². The van der Waals surface area contributed by atoms with E-state index in [4.69, 9.17) is 10.5 Å². The van der Waals surface area contributed by atoms with Gasteiger partial charge in [0.25, 0.3) is 0 Å². The number of aromatic amines is 1. The number of H-pyrrole nitrogens is 1. The van der Waals surface area contributed by atoms with E-state index in [1.165, 1.54) is 72.5 Å². The summed E-state index contributed by atoms with van der Waals surface area (Å²) in [6.07, 6.45) is 2.20. The number of phenolic OH excluding ortho intramolecular Hbond substituents is 3. The van der Waals surface area contributed by atoms with E-state index in [0.717, 1.165) is 6.42 Å². The number of nitrogens with one attached hydrogen (secondary N) is 8. The molecule has 1 aliphatic rings. The number of aromatic hydroxyl groups is 3. The average molecular weight is 1390 g/mol. The number of fused-ring (bicyclic) bond motifs is 1. The van der Waals surface area contributed by atoms with E-state index < -0.39 is 127 Å². The molecule has 1 aromatic heterocycles. The van der Waals surface area contributed by atoms with Gasteiger partial charge in [-0.25, -0.2) is 4.79 Å². The van der Waals surface area contributed by atoms with Crippen molar-refractivity contribution in [1.29, 1.82) is 0 Å². The number of nitrogens with zero attached hydrogens (tertiary/aromatic N) is 2. The standard InChI is InChI=1S/C72H97N11O17/c1-5-33-100-34-29-63(89)57(36-46-15-21-51(86)22-16-46)75-40-49-12-8-9-30-82(45(4)85)31-10-11-32-83(42-65(91)76-61(72(98)99)38-48-19-25-53(88)26-20-48)71(97)60(35-44(2)3)80-68(94)58(37-47-17-23-52(87)24-18-47)79-67(93)56(27-28-64(73)90)77-70(96)62(43-84)81-69(95)59(78-66(49)92)39-50-41-74-55-14-7-6-13-54(50)55/h6-7,13-26,41,44,49,56-62,74-75,84,86-88H,5,8-12,27-40,42-43H2,1-4H3,(H2,73,90)(H,76,91)(H,77,96)(H,78,92)(H,79,93)(H,80,94)(H,81,95)(H,98,99)/t49-,56+,57+,58?,59+,60+,61+,62?/m1/s1. The zero-order valence-corrected chi connectivity index (χ0v) is 57.2. The van der Waals surface area contributed by atoms with Gasteiger partial charge in [0.1, 0.15) is 53.5 Å². The number of aromatic nitrogens is 1. The summed E-state index contributed by atoms with van der Waals surface area (Å²) in [6.45, 7) is 5.80. The summed E-state index contributed by atoms with van der Waals surface area (Å²) >= 11 is 0. The molecule has 2 heterocycles. The first kappa shape index (κ1) is 79.1. The van der Waals surface area contributed by atoms with Crippen molar-refractivity contribution >= 4 is 75.8 Å². The molecule has 6 rings (SSSR count). The Morgan fingerprint density at radius 3 is 1.75 bits per heavy atom. The molecule has 2 unspecified atom stereocenters. The molecule has 9 amide bonds. The molecule has 542 valence electrons. The van der Waals surface area contributed by atoms with Crippen molar-refractivity contribution in [2.24, 2.45) is 17.6 Å². The number of aliphatic hydroxyl groups excluding tert-OH is 1. The van der Waals surface area contributed by atoms with Gasteiger partial charge in [-0.1, -0.05) is 81.8 Å². The first-order valence-corrected chi connectivity index (χ1v) is 34.0. The highest BCUT2D eigenvalue weighted by atomic mass is 16.5. The van der Waals surface area contributed by atoms with Crippen LogP contribution in [-0.2, 0) is 83.2 Å². The third-order valence-corrected chi connectivity index (χ3v) is 17.2. The summed E-state index contributed by atoms with van der Waals surface area (Å²) in [5.74, 6) is -10.6. The van der Waals surface area contributed by atoms with E-state index in [9.17, 15) is 68.7 Å². The molecule has 1 aliphatic heterocycles. The number of carboxylic acid groups (broad SMARTS) is 1. The van der Waals surface area contributed by atoms with Crippen molar-refractivity contribution in [2.75, 3.05) is 52.5 Å². The second-order valence-electron chi connectivity index (χ2n) is 25.7. The minimum Gasteiger partial charge on any atom is -0.508 e. The number of para-hydroxylation sites is 1. The number of amides is 9. The predicted molar refractivity (Wildman–Crippen MR) is 370 cm³/mol. The molecule has 100 heavy (non-hydrogen) atoms. The Balaban J connectivity index is 1.40. The fraction of sp³-hybridized carbons (Fsp3) is 0.486. The van der Waals surface area contributed by atoms with Crippen LogP contribution >= 0.6 is 0 Å². The molecule has 0 bridgehead atoms. The second kappa shape index (κ2) is 40.2. The molecule has 1 saturated heterocycles. The lowest BCUT2D eigenvalue weighted by Crippen LogP contribution is -2.60. The third-order valence-electron chi connectivity index (χ3n) is 17.2. The number of ether oxygens (including phenoxy) is 1. The van der Waals surface area contributed by atoms with Crippen LogP contribution < -0.4 is 43.0 Å². The Bertz CT molecular complexity index is 3550. The van der Waals surface area contributed by atoms with Crippen LogP contribution in [0.5, 0.6) is 17.2 Å². The largest absolute Gasteiger partial charge is 0.508 e. The van der Waals surface area contributed by atoms with Crippen molar-refractivity contribution < 1.29 is 83.0 Å². The minimum absolute atomic E-state index is 0.0183. The number of primary amides is 1. The number of Topliss-reactive ketones (excluding diaryl/α,β-unsaturated/α-hetero) is 1. The number of carbonyl (C=O) groups excluding carboxylic acids is 10. The van der Waals surface area contributed by atoms with E-state index >= 15 is 9.59 Å². The van der Waals surface area contributed by atoms with Gasteiger partial charge in [-0.3, -0.25) is 47.9 Å². The summed E-state index contributed by atoms with van der Waals surface area (Å²) in [5.41, 5.74) is 8.43. The summed E-state index contributed by atoms with van der Waals surface area (Å²) in [6, 6.07) is 14.6. The number of aliphatic carboxylic acids is 1. The SMILES string of the molecule is CCCOCCC(=O)[C@H](Cc1ccc(O)cc1)NC[C@H]1CCCCN(C(C)=O)CCCCN(CC(=O)N[C@@H](Cc2ccc(O)cc2)C(=O)O)C(=O)[C@H](CC(C)C)NC(=O)C(Cc2ccc(O)cc2)NC(=O)[C@H](CCC(N)=O)NC(=O)C(CO)NC(=O)[C@H](Cc2c[nH]c3ccccc23)NC1=O. The van der Waals surface area contributed by atoms with Gasteiger partial charge in [-0.2, -0.15) is 0 Å². The smallest absolute Gasteiger partial charge is 0.326 e. The lowest BCUT2D eigenvalue weighted by molar-refractivity contribution is -0.143. The molecular formula is C72H97N11O17. The fourth-order valence-electron chi connectivity index (χ4n) is 11.7. The number of carboxylic acids is 1. The summed E-state index contributed by atoms with van der Waals surface area (Å²) in [4.78, 5) is 162. The molecule has 28 heteroatoms. The number of rotatable bonds is 27. The fourth-order valence-corrected chi connectivity index (χ4v) is 11.7. The summed E-state index contributed by atoms with van der Waals surface area (Å²) in [7, 11) is 0.